The number of amides is 2. The molecule has 0 unspecified atom stereocenters. The lowest BCUT2D eigenvalue weighted by atomic mass is 10.1. The van der Waals surface area contributed by atoms with E-state index < -0.39 is 0 Å². The molecule has 0 aromatic heterocycles. The fourth-order valence-corrected chi connectivity index (χ4v) is 2.09. The van der Waals surface area contributed by atoms with Crippen LogP contribution in [0.4, 0.5) is 0 Å². The van der Waals surface area contributed by atoms with E-state index in [1.54, 1.807) is 19.2 Å². The van der Waals surface area contributed by atoms with Crippen LogP contribution in [0, 0.1) is 6.92 Å². The molecule has 2 rings (SSSR count). The van der Waals surface area contributed by atoms with E-state index in [0.717, 1.165) is 16.9 Å². The van der Waals surface area contributed by atoms with Gasteiger partial charge < -0.3 is 15.4 Å². The maximum Gasteiger partial charge on any atom is 0.251 e. The Morgan fingerprint density at radius 3 is 2.57 bits per heavy atom. The van der Waals surface area contributed by atoms with Crippen LogP contribution in [0.15, 0.2) is 48.5 Å². The number of aryl methyl sites for hydroxylation is 1. The van der Waals surface area contributed by atoms with Crippen LogP contribution in [-0.4, -0.2) is 25.5 Å². The normalized spacial score (nSPS) is 10.0. The molecule has 0 atom stereocenters. The third kappa shape index (κ3) is 5.14. The van der Waals surface area contributed by atoms with E-state index in [4.69, 9.17) is 4.74 Å². The van der Waals surface area contributed by atoms with Crippen LogP contribution in [0.25, 0.3) is 0 Å². The Bertz CT molecular complexity index is 698. The minimum absolute atomic E-state index is 0.0588. The van der Waals surface area contributed by atoms with Crippen molar-refractivity contribution in [3.8, 4) is 5.75 Å². The molecule has 2 aromatic rings. The molecule has 0 aliphatic carbocycles. The summed E-state index contributed by atoms with van der Waals surface area (Å²) in [5, 5.41) is 5.37. The first kappa shape index (κ1) is 16.5. The van der Waals surface area contributed by atoms with Crippen LogP contribution in [0.3, 0.4) is 0 Å². The molecule has 2 aromatic carbocycles. The zero-order chi connectivity index (χ0) is 16.7. The number of carbonyl (C=O) groups is 2. The summed E-state index contributed by atoms with van der Waals surface area (Å²) in [6.07, 6.45) is 0. The van der Waals surface area contributed by atoms with Gasteiger partial charge in [-0.25, -0.2) is 0 Å². The number of ether oxygens (including phenoxy) is 1. The van der Waals surface area contributed by atoms with Crippen molar-refractivity contribution in [2.45, 2.75) is 13.5 Å². The number of methoxy groups -OCH3 is 1. The average molecular weight is 312 g/mol. The van der Waals surface area contributed by atoms with Gasteiger partial charge in [-0.2, -0.15) is 0 Å². The summed E-state index contributed by atoms with van der Waals surface area (Å²) < 4.78 is 5.13. The van der Waals surface area contributed by atoms with Gasteiger partial charge in [0.1, 0.15) is 5.75 Å². The third-order valence-corrected chi connectivity index (χ3v) is 3.31. The van der Waals surface area contributed by atoms with E-state index in [1.165, 1.54) is 0 Å². The van der Waals surface area contributed by atoms with Gasteiger partial charge in [-0.15, -0.1) is 0 Å². The number of nitrogens with one attached hydrogen (secondary N) is 2. The molecule has 2 N–H and O–H groups in total. The van der Waals surface area contributed by atoms with Gasteiger partial charge >= 0.3 is 0 Å². The lowest BCUT2D eigenvalue weighted by Crippen LogP contribution is -2.36. The highest BCUT2D eigenvalue weighted by molar-refractivity contribution is 5.96. The predicted molar refractivity (Wildman–Crippen MR) is 88.4 cm³/mol. The van der Waals surface area contributed by atoms with E-state index in [2.05, 4.69) is 10.6 Å². The van der Waals surface area contributed by atoms with Crippen molar-refractivity contribution in [2.24, 2.45) is 0 Å². The standard InChI is InChI=1S/C18H20N2O3/c1-13-5-3-7-15(9-13)18(22)20-12-17(21)19-11-14-6-4-8-16(10-14)23-2/h3-10H,11-12H2,1-2H3,(H,19,21)(H,20,22). The Balaban J connectivity index is 1.79. The minimum Gasteiger partial charge on any atom is -0.497 e. The van der Waals surface area contributed by atoms with Gasteiger partial charge in [0, 0.05) is 12.1 Å². The molecular formula is C18H20N2O3. The molecule has 2 amide bonds. The first-order valence-corrected chi connectivity index (χ1v) is 7.33. The Morgan fingerprint density at radius 2 is 1.83 bits per heavy atom. The molecule has 5 nitrogen and oxygen atoms in total. The summed E-state index contributed by atoms with van der Waals surface area (Å²) in [6, 6.07) is 14.7. The Morgan fingerprint density at radius 1 is 1.04 bits per heavy atom. The predicted octanol–water partition coefficient (Wildman–Crippen LogP) is 2.05. The first-order valence-electron chi connectivity index (χ1n) is 7.33. The molecule has 0 radical (unpaired) electrons. The van der Waals surface area contributed by atoms with Crippen molar-refractivity contribution in [1.82, 2.24) is 10.6 Å². The Labute approximate surface area is 135 Å². The second kappa shape index (κ2) is 7.98. The lowest BCUT2D eigenvalue weighted by Gasteiger charge is -2.08. The van der Waals surface area contributed by atoms with Crippen molar-refractivity contribution in [2.75, 3.05) is 13.7 Å². The summed E-state index contributed by atoms with van der Waals surface area (Å²) in [5.74, 6) is 0.239. The van der Waals surface area contributed by atoms with E-state index in [9.17, 15) is 9.59 Å². The maximum atomic E-state index is 12.0. The van der Waals surface area contributed by atoms with Gasteiger partial charge in [-0.05, 0) is 36.8 Å². The average Bonchev–Trinajstić information content (AvgIpc) is 2.58. The second-order valence-corrected chi connectivity index (χ2v) is 5.18. The SMILES string of the molecule is COc1cccc(CNC(=O)CNC(=O)c2cccc(C)c2)c1. The van der Waals surface area contributed by atoms with E-state index in [1.807, 2.05) is 43.3 Å². The molecule has 0 aliphatic rings. The summed E-state index contributed by atoms with van der Waals surface area (Å²) in [7, 11) is 1.60. The molecule has 0 bridgehead atoms. The van der Waals surface area contributed by atoms with Gasteiger partial charge in [-0.3, -0.25) is 9.59 Å². The lowest BCUT2D eigenvalue weighted by molar-refractivity contribution is -0.120. The zero-order valence-electron chi connectivity index (χ0n) is 13.3. The summed E-state index contributed by atoms with van der Waals surface area (Å²) in [5.41, 5.74) is 2.48. The molecule has 0 heterocycles. The Hall–Kier alpha value is -2.82. The van der Waals surface area contributed by atoms with Gasteiger partial charge in [0.05, 0.1) is 13.7 Å². The van der Waals surface area contributed by atoms with Crippen LogP contribution < -0.4 is 15.4 Å². The third-order valence-electron chi connectivity index (χ3n) is 3.31. The number of carbonyl (C=O) groups excluding carboxylic acids is 2. The highest BCUT2D eigenvalue weighted by Crippen LogP contribution is 2.12. The first-order chi connectivity index (χ1) is 11.1. The molecule has 0 saturated carbocycles. The molecule has 0 fully saturated rings. The molecule has 0 saturated heterocycles. The van der Waals surface area contributed by atoms with Gasteiger partial charge in [-0.1, -0.05) is 29.8 Å². The quantitative estimate of drug-likeness (QED) is 0.858. The molecule has 5 heteroatoms. The summed E-state index contributed by atoms with van der Waals surface area (Å²) >= 11 is 0. The summed E-state index contributed by atoms with van der Waals surface area (Å²) in [6.45, 7) is 2.24. The fraction of sp³-hybridized carbons (Fsp3) is 0.222. The fourth-order valence-electron chi connectivity index (χ4n) is 2.09. The molecule has 23 heavy (non-hydrogen) atoms. The molecule has 0 spiro atoms. The van der Waals surface area contributed by atoms with Crippen LogP contribution in [0.2, 0.25) is 0 Å². The largest absolute Gasteiger partial charge is 0.497 e. The number of hydrogen-bond acceptors (Lipinski definition) is 3. The highest BCUT2D eigenvalue weighted by atomic mass is 16.5. The maximum absolute atomic E-state index is 12.0. The van der Waals surface area contributed by atoms with Crippen LogP contribution >= 0.6 is 0 Å². The second-order valence-electron chi connectivity index (χ2n) is 5.18. The number of hydrogen-bond donors (Lipinski definition) is 2. The van der Waals surface area contributed by atoms with Crippen molar-refractivity contribution in [1.29, 1.82) is 0 Å². The van der Waals surface area contributed by atoms with Gasteiger partial charge in [0.2, 0.25) is 5.91 Å². The zero-order valence-corrected chi connectivity index (χ0v) is 13.3. The number of rotatable bonds is 6. The van der Waals surface area contributed by atoms with Crippen molar-refractivity contribution in [3.63, 3.8) is 0 Å². The number of benzene rings is 2. The van der Waals surface area contributed by atoms with Gasteiger partial charge in [0.25, 0.3) is 5.91 Å². The smallest absolute Gasteiger partial charge is 0.251 e. The summed E-state index contributed by atoms with van der Waals surface area (Å²) in [4.78, 5) is 23.8. The van der Waals surface area contributed by atoms with Crippen molar-refractivity contribution in [3.05, 3.63) is 65.2 Å². The van der Waals surface area contributed by atoms with Crippen LogP contribution in [0.1, 0.15) is 21.5 Å². The van der Waals surface area contributed by atoms with E-state index >= 15 is 0 Å². The Kier molecular flexibility index (Phi) is 5.74. The van der Waals surface area contributed by atoms with Crippen molar-refractivity contribution >= 4 is 11.8 Å². The molecular weight excluding hydrogens is 292 g/mol. The van der Waals surface area contributed by atoms with Gasteiger partial charge in [0.15, 0.2) is 0 Å². The van der Waals surface area contributed by atoms with Crippen LogP contribution in [0.5, 0.6) is 5.75 Å². The highest BCUT2D eigenvalue weighted by Gasteiger charge is 2.08. The van der Waals surface area contributed by atoms with Crippen LogP contribution in [-0.2, 0) is 11.3 Å². The van der Waals surface area contributed by atoms with E-state index in [-0.39, 0.29) is 18.4 Å². The molecule has 120 valence electrons. The minimum atomic E-state index is -0.259. The van der Waals surface area contributed by atoms with E-state index in [0.29, 0.717) is 12.1 Å². The monoisotopic (exact) mass is 312 g/mol. The molecule has 0 aliphatic heterocycles. The topological polar surface area (TPSA) is 67.4 Å². The van der Waals surface area contributed by atoms with Crippen molar-refractivity contribution < 1.29 is 14.3 Å².